The van der Waals surface area contributed by atoms with Gasteiger partial charge in [-0.05, 0) is 43.0 Å². The molecule has 35 heavy (non-hydrogen) atoms. The molecule has 0 spiro atoms. The van der Waals surface area contributed by atoms with E-state index in [4.69, 9.17) is 16.3 Å². The molecular formula is C25H32ClN3O5S. The number of ether oxygens (including phenoxy) is 1. The lowest BCUT2D eigenvalue weighted by atomic mass is 10.1. The molecule has 1 heterocycles. The molecule has 0 aliphatic carbocycles. The molecule has 0 saturated carbocycles. The Kier molecular flexibility index (Phi) is 9.68. The standard InChI is InChI=1S/C25H32ClN3O5S/c1-19(25(31)27-15-23-9-6-14-34-23)29(17-21-10-12-22(26)13-11-21)24(30)18-28(35(2,32)33)16-20-7-4-3-5-8-20/h3-5,7-8,10-13,19,23H,6,9,14-18H2,1-2H3,(H,27,31)/t19-,23+/m1/s1. The minimum absolute atomic E-state index is 0.0295. The Hall–Kier alpha value is -2.46. The summed E-state index contributed by atoms with van der Waals surface area (Å²) in [6, 6.07) is 15.2. The zero-order valence-electron chi connectivity index (χ0n) is 20.0. The summed E-state index contributed by atoms with van der Waals surface area (Å²) in [5, 5.41) is 3.42. The van der Waals surface area contributed by atoms with Crippen molar-refractivity contribution in [2.75, 3.05) is 26.0 Å². The summed E-state index contributed by atoms with van der Waals surface area (Å²) in [6.45, 7) is 2.49. The topological polar surface area (TPSA) is 96.0 Å². The molecule has 1 saturated heterocycles. The monoisotopic (exact) mass is 521 g/mol. The summed E-state index contributed by atoms with van der Waals surface area (Å²) in [6.07, 6.45) is 2.88. The minimum atomic E-state index is -3.69. The van der Waals surface area contributed by atoms with Crippen molar-refractivity contribution in [2.45, 2.75) is 45.0 Å². The van der Waals surface area contributed by atoms with Crippen LogP contribution in [0.4, 0.5) is 0 Å². The maximum atomic E-state index is 13.5. The van der Waals surface area contributed by atoms with E-state index < -0.39 is 22.0 Å². The van der Waals surface area contributed by atoms with E-state index in [-0.39, 0.29) is 31.6 Å². The van der Waals surface area contributed by atoms with E-state index in [1.54, 1.807) is 43.3 Å². The predicted molar refractivity (Wildman–Crippen MR) is 135 cm³/mol. The lowest BCUT2D eigenvalue weighted by Gasteiger charge is -2.31. The fraction of sp³-hybridized carbons (Fsp3) is 0.440. The van der Waals surface area contributed by atoms with Crippen molar-refractivity contribution < 1.29 is 22.7 Å². The molecular weight excluding hydrogens is 490 g/mol. The second-order valence-electron chi connectivity index (χ2n) is 8.72. The first-order valence-electron chi connectivity index (χ1n) is 11.6. The molecule has 1 aliphatic rings. The van der Waals surface area contributed by atoms with Crippen molar-refractivity contribution in [1.82, 2.24) is 14.5 Å². The molecule has 2 atom stereocenters. The van der Waals surface area contributed by atoms with Crippen molar-refractivity contribution in [3.8, 4) is 0 Å². The van der Waals surface area contributed by atoms with E-state index in [2.05, 4.69) is 5.32 Å². The third-order valence-corrected chi connectivity index (χ3v) is 7.39. The molecule has 190 valence electrons. The molecule has 0 radical (unpaired) electrons. The van der Waals surface area contributed by atoms with Crippen LogP contribution < -0.4 is 5.32 Å². The molecule has 2 aromatic rings. The largest absolute Gasteiger partial charge is 0.376 e. The van der Waals surface area contributed by atoms with Crippen LogP contribution in [-0.4, -0.2) is 67.5 Å². The number of benzene rings is 2. The van der Waals surface area contributed by atoms with Gasteiger partial charge in [-0.3, -0.25) is 9.59 Å². The smallest absolute Gasteiger partial charge is 0.242 e. The van der Waals surface area contributed by atoms with E-state index >= 15 is 0 Å². The van der Waals surface area contributed by atoms with Crippen molar-refractivity contribution >= 4 is 33.4 Å². The van der Waals surface area contributed by atoms with E-state index in [1.807, 2.05) is 18.2 Å². The molecule has 8 nitrogen and oxygen atoms in total. The van der Waals surface area contributed by atoms with Crippen molar-refractivity contribution in [3.05, 3.63) is 70.7 Å². The highest BCUT2D eigenvalue weighted by Gasteiger charge is 2.30. The summed E-state index contributed by atoms with van der Waals surface area (Å²) in [7, 11) is -3.69. The van der Waals surface area contributed by atoms with Crippen LogP contribution in [-0.2, 0) is 37.4 Å². The van der Waals surface area contributed by atoms with Crippen molar-refractivity contribution in [2.24, 2.45) is 0 Å². The van der Waals surface area contributed by atoms with Gasteiger partial charge in [0.25, 0.3) is 0 Å². The highest BCUT2D eigenvalue weighted by molar-refractivity contribution is 7.88. The Morgan fingerprint density at radius 2 is 1.74 bits per heavy atom. The van der Waals surface area contributed by atoms with E-state index in [9.17, 15) is 18.0 Å². The molecule has 0 aromatic heterocycles. The lowest BCUT2D eigenvalue weighted by Crippen LogP contribution is -2.51. The van der Waals surface area contributed by atoms with Gasteiger partial charge in [0.15, 0.2) is 0 Å². The second kappa shape index (κ2) is 12.5. The average Bonchev–Trinajstić information content (AvgIpc) is 3.35. The van der Waals surface area contributed by atoms with Gasteiger partial charge in [0.1, 0.15) is 6.04 Å². The second-order valence-corrected chi connectivity index (χ2v) is 11.1. The molecule has 1 aliphatic heterocycles. The Labute approximate surface area is 212 Å². The maximum Gasteiger partial charge on any atom is 0.242 e. The van der Waals surface area contributed by atoms with Gasteiger partial charge in [-0.2, -0.15) is 4.31 Å². The van der Waals surface area contributed by atoms with Gasteiger partial charge in [0, 0.05) is 31.3 Å². The summed E-state index contributed by atoms with van der Waals surface area (Å²) in [5.74, 6) is -0.794. The number of hydrogen-bond donors (Lipinski definition) is 1. The van der Waals surface area contributed by atoms with Crippen LogP contribution in [0, 0.1) is 0 Å². The van der Waals surface area contributed by atoms with E-state index in [0.29, 0.717) is 18.2 Å². The number of nitrogens with one attached hydrogen (secondary N) is 1. The first-order valence-corrected chi connectivity index (χ1v) is 13.8. The molecule has 3 rings (SSSR count). The summed E-state index contributed by atoms with van der Waals surface area (Å²) in [4.78, 5) is 27.8. The molecule has 1 N–H and O–H groups in total. The van der Waals surface area contributed by atoms with Gasteiger partial charge in [-0.15, -0.1) is 0 Å². The zero-order valence-corrected chi connectivity index (χ0v) is 21.6. The molecule has 10 heteroatoms. The fourth-order valence-electron chi connectivity index (χ4n) is 3.86. The summed E-state index contributed by atoms with van der Waals surface area (Å²) >= 11 is 5.99. The number of nitrogens with zero attached hydrogens (tertiary/aromatic N) is 2. The Morgan fingerprint density at radius 1 is 1.09 bits per heavy atom. The average molecular weight is 522 g/mol. The highest BCUT2D eigenvalue weighted by Crippen LogP contribution is 2.16. The van der Waals surface area contributed by atoms with Crippen LogP contribution in [0.5, 0.6) is 0 Å². The third-order valence-electron chi connectivity index (χ3n) is 5.94. The third kappa shape index (κ3) is 8.31. The first-order chi connectivity index (χ1) is 16.6. The number of hydrogen-bond acceptors (Lipinski definition) is 5. The van der Waals surface area contributed by atoms with Gasteiger partial charge in [0.2, 0.25) is 21.8 Å². The van der Waals surface area contributed by atoms with Crippen molar-refractivity contribution in [3.63, 3.8) is 0 Å². The molecule has 1 fully saturated rings. The van der Waals surface area contributed by atoms with Crippen LogP contribution in [0.3, 0.4) is 0 Å². The van der Waals surface area contributed by atoms with E-state index in [1.165, 1.54) is 4.90 Å². The highest BCUT2D eigenvalue weighted by atomic mass is 35.5. The predicted octanol–water partition coefficient (Wildman–Crippen LogP) is 2.81. The van der Waals surface area contributed by atoms with Crippen LogP contribution in [0.2, 0.25) is 5.02 Å². The van der Waals surface area contributed by atoms with Gasteiger partial charge in [-0.25, -0.2) is 8.42 Å². The number of amides is 2. The first kappa shape index (κ1) is 27.1. The van der Waals surface area contributed by atoms with Crippen LogP contribution in [0.15, 0.2) is 54.6 Å². The molecule has 2 amide bonds. The van der Waals surface area contributed by atoms with E-state index in [0.717, 1.165) is 34.5 Å². The van der Waals surface area contributed by atoms with Crippen molar-refractivity contribution in [1.29, 1.82) is 0 Å². The number of halogens is 1. The zero-order chi connectivity index (χ0) is 25.4. The van der Waals surface area contributed by atoms with Gasteiger partial charge in [0.05, 0.1) is 18.9 Å². The minimum Gasteiger partial charge on any atom is -0.376 e. The summed E-state index contributed by atoms with van der Waals surface area (Å²) < 4.78 is 31.7. The fourth-order valence-corrected chi connectivity index (χ4v) is 4.71. The maximum absolute atomic E-state index is 13.5. The lowest BCUT2D eigenvalue weighted by molar-refractivity contribution is -0.141. The normalized spacial score (nSPS) is 16.7. The number of carbonyl (C=O) groups is 2. The van der Waals surface area contributed by atoms with Crippen LogP contribution >= 0.6 is 11.6 Å². The summed E-state index contributed by atoms with van der Waals surface area (Å²) in [5.41, 5.74) is 1.54. The Bertz CT molecular complexity index is 1090. The van der Waals surface area contributed by atoms with Gasteiger partial charge >= 0.3 is 0 Å². The van der Waals surface area contributed by atoms with Crippen LogP contribution in [0.1, 0.15) is 30.9 Å². The number of rotatable bonds is 11. The number of sulfonamides is 1. The van der Waals surface area contributed by atoms with Gasteiger partial charge < -0.3 is 15.0 Å². The SMILES string of the molecule is C[C@H](C(=O)NC[C@@H]1CCCO1)N(Cc1ccc(Cl)cc1)C(=O)CN(Cc1ccccc1)S(C)(=O)=O. The Morgan fingerprint density at radius 3 is 2.34 bits per heavy atom. The Balaban J connectivity index is 1.77. The molecule has 0 bridgehead atoms. The van der Waals surface area contributed by atoms with Gasteiger partial charge in [-0.1, -0.05) is 54.1 Å². The molecule has 0 unspecified atom stereocenters. The number of carbonyl (C=O) groups excluding carboxylic acids is 2. The quantitative estimate of drug-likeness (QED) is 0.490. The van der Waals surface area contributed by atoms with Crippen LogP contribution in [0.25, 0.3) is 0 Å². The molecule has 2 aromatic carbocycles.